The van der Waals surface area contributed by atoms with E-state index in [1.54, 1.807) is 24.3 Å². The lowest BCUT2D eigenvalue weighted by atomic mass is 10.2. The summed E-state index contributed by atoms with van der Waals surface area (Å²) in [5.41, 5.74) is 1.23. The molecule has 36 heavy (non-hydrogen) atoms. The van der Waals surface area contributed by atoms with E-state index < -0.39 is 33.6 Å². The Kier molecular flexibility index (Phi) is 8.40. The average molecular weight is 526 g/mol. The second-order valence-corrected chi connectivity index (χ2v) is 11.4. The zero-order chi connectivity index (χ0) is 25.5. The third-order valence-electron chi connectivity index (χ3n) is 5.83. The smallest absolute Gasteiger partial charge is 0.294 e. The minimum absolute atomic E-state index is 0.0986. The van der Waals surface area contributed by atoms with E-state index in [1.165, 1.54) is 16.4 Å². The molecule has 0 aliphatic carbocycles. The molecule has 0 saturated carbocycles. The number of nitrogens with one attached hydrogen (secondary N) is 1. The molecule has 2 aliphatic heterocycles. The van der Waals surface area contributed by atoms with E-state index in [9.17, 15) is 22.8 Å². The normalized spacial score (nSPS) is 18.7. The number of carbonyl (C=O) groups is 3. The molecule has 3 amide bonds. The number of thioether (sulfide) groups is 1. The van der Waals surface area contributed by atoms with Crippen LogP contribution in [0.1, 0.15) is 31.2 Å². The van der Waals surface area contributed by atoms with Crippen molar-refractivity contribution in [3.05, 3.63) is 77.2 Å². The van der Waals surface area contributed by atoms with Crippen LogP contribution >= 0.6 is 11.8 Å². The second-order valence-electron chi connectivity index (χ2n) is 8.45. The fraction of sp³-hybridized carbons (Fsp3) is 0.269. The molecule has 0 atom stereocenters. The van der Waals surface area contributed by atoms with Gasteiger partial charge >= 0.3 is 0 Å². The third kappa shape index (κ3) is 6.31. The number of allylic oxidation sites excluding steroid dienone is 2. The highest BCUT2D eigenvalue weighted by Gasteiger charge is 2.36. The molecule has 8 nitrogen and oxygen atoms in total. The molecule has 10 heteroatoms. The van der Waals surface area contributed by atoms with Crippen LogP contribution in [0.4, 0.5) is 10.5 Å². The number of sulfonamides is 1. The van der Waals surface area contributed by atoms with Gasteiger partial charge in [0.1, 0.15) is 6.54 Å². The van der Waals surface area contributed by atoms with E-state index in [2.05, 4.69) is 5.32 Å². The lowest BCUT2D eigenvalue weighted by molar-refractivity contribution is -0.127. The van der Waals surface area contributed by atoms with Crippen molar-refractivity contribution in [2.45, 2.75) is 30.6 Å². The molecule has 0 spiro atoms. The summed E-state index contributed by atoms with van der Waals surface area (Å²) in [6.45, 7) is 0.492. The largest absolute Gasteiger partial charge is 0.324 e. The van der Waals surface area contributed by atoms with Crippen LogP contribution in [-0.4, -0.2) is 54.3 Å². The van der Waals surface area contributed by atoms with E-state index >= 15 is 0 Å². The van der Waals surface area contributed by atoms with Crippen molar-refractivity contribution in [3.63, 3.8) is 0 Å². The fourth-order valence-electron chi connectivity index (χ4n) is 3.97. The summed E-state index contributed by atoms with van der Waals surface area (Å²) in [6, 6.07) is 15.5. The van der Waals surface area contributed by atoms with Crippen molar-refractivity contribution in [1.29, 1.82) is 0 Å². The van der Waals surface area contributed by atoms with Gasteiger partial charge in [-0.25, -0.2) is 8.42 Å². The van der Waals surface area contributed by atoms with Gasteiger partial charge in [-0.05, 0) is 54.4 Å². The molecule has 2 heterocycles. The SMILES string of the molecule is O=C(CN1C(=O)SC(=CC=Cc2ccccc2)C1=O)Nc1cccc(S(=O)(=O)N2CCCCCC2)c1. The summed E-state index contributed by atoms with van der Waals surface area (Å²) in [4.78, 5) is 38.8. The number of imide groups is 1. The maximum Gasteiger partial charge on any atom is 0.294 e. The minimum atomic E-state index is -3.67. The minimum Gasteiger partial charge on any atom is -0.324 e. The summed E-state index contributed by atoms with van der Waals surface area (Å²) < 4.78 is 27.6. The fourth-order valence-corrected chi connectivity index (χ4v) is 6.32. The maximum atomic E-state index is 13.1. The number of carbonyl (C=O) groups excluding carboxylic acids is 3. The van der Waals surface area contributed by atoms with E-state index in [-0.39, 0.29) is 15.5 Å². The van der Waals surface area contributed by atoms with Crippen molar-refractivity contribution in [1.82, 2.24) is 9.21 Å². The molecule has 2 aromatic carbocycles. The topological polar surface area (TPSA) is 104 Å². The molecule has 0 radical (unpaired) electrons. The van der Waals surface area contributed by atoms with Gasteiger partial charge in [-0.3, -0.25) is 19.3 Å². The summed E-state index contributed by atoms with van der Waals surface area (Å²) in [6.07, 6.45) is 8.71. The monoisotopic (exact) mass is 525 g/mol. The Morgan fingerprint density at radius 1 is 0.972 bits per heavy atom. The lowest BCUT2D eigenvalue weighted by Crippen LogP contribution is -2.36. The molecule has 1 N–H and O–H groups in total. The highest BCUT2D eigenvalue weighted by molar-refractivity contribution is 8.18. The molecule has 2 aromatic rings. The molecule has 2 saturated heterocycles. The molecular formula is C26H27N3O5S2. The Morgan fingerprint density at radius 3 is 2.42 bits per heavy atom. The molecular weight excluding hydrogens is 498 g/mol. The van der Waals surface area contributed by atoms with Crippen molar-refractivity contribution < 1.29 is 22.8 Å². The van der Waals surface area contributed by atoms with E-state index in [4.69, 9.17) is 0 Å². The van der Waals surface area contributed by atoms with E-state index in [0.717, 1.165) is 47.9 Å². The Morgan fingerprint density at radius 2 is 1.69 bits per heavy atom. The summed E-state index contributed by atoms with van der Waals surface area (Å²) in [5, 5.41) is 2.07. The molecule has 0 bridgehead atoms. The first-order valence-electron chi connectivity index (χ1n) is 11.7. The summed E-state index contributed by atoms with van der Waals surface area (Å²) in [7, 11) is -3.67. The van der Waals surface area contributed by atoms with Gasteiger partial charge < -0.3 is 5.32 Å². The van der Waals surface area contributed by atoms with Crippen molar-refractivity contribution in [2.75, 3.05) is 25.0 Å². The third-order valence-corrected chi connectivity index (χ3v) is 8.65. The zero-order valence-corrected chi connectivity index (χ0v) is 21.3. The number of hydrogen-bond donors (Lipinski definition) is 1. The molecule has 2 aliphatic rings. The first-order chi connectivity index (χ1) is 17.3. The van der Waals surface area contributed by atoms with Crippen LogP contribution in [0.5, 0.6) is 0 Å². The van der Waals surface area contributed by atoms with Crippen LogP contribution in [0.15, 0.2) is 76.5 Å². The van der Waals surface area contributed by atoms with Crippen molar-refractivity contribution in [2.24, 2.45) is 0 Å². The van der Waals surface area contributed by atoms with Crippen molar-refractivity contribution >= 4 is 50.6 Å². The number of benzene rings is 2. The van der Waals surface area contributed by atoms with Gasteiger partial charge in [0, 0.05) is 18.8 Å². The number of rotatable bonds is 7. The van der Waals surface area contributed by atoms with Crippen LogP contribution < -0.4 is 5.32 Å². The van der Waals surface area contributed by atoms with Gasteiger partial charge in [-0.1, -0.05) is 61.4 Å². The first kappa shape index (κ1) is 25.9. The van der Waals surface area contributed by atoms with Gasteiger partial charge in [0.15, 0.2) is 0 Å². The highest BCUT2D eigenvalue weighted by atomic mass is 32.2. The lowest BCUT2D eigenvalue weighted by Gasteiger charge is -2.20. The number of amides is 3. The molecule has 0 aromatic heterocycles. The van der Waals surface area contributed by atoms with Crippen molar-refractivity contribution in [3.8, 4) is 0 Å². The average Bonchev–Trinajstić information content (AvgIpc) is 3.06. The van der Waals surface area contributed by atoms with Crippen LogP contribution in [-0.2, 0) is 19.6 Å². The van der Waals surface area contributed by atoms with Gasteiger partial charge in [0.05, 0.1) is 9.80 Å². The van der Waals surface area contributed by atoms with E-state index in [0.29, 0.717) is 13.1 Å². The van der Waals surface area contributed by atoms with Crippen LogP contribution in [0, 0.1) is 0 Å². The number of anilines is 1. The van der Waals surface area contributed by atoms with Gasteiger partial charge in [0.25, 0.3) is 11.1 Å². The van der Waals surface area contributed by atoms with Gasteiger partial charge in [-0.15, -0.1) is 0 Å². The Hall–Kier alpha value is -3.21. The van der Waals surface area contributed by atoms with Crippen LogP contribution in [0.2, 0.25) is 0 Å². The quantitative estimate of drug-likeness (QED) is 0.535. The number of hydrogen-bond acceptors (Lipinski definition) is 6. The molecule has 4 rings (SSSR count). The Labute approximate surface area is 215 Å². The van der Waals surface area contributed by atoms with Gasteiger partial charge in [0.2, 0.25) is 15.9 Å². The summed E-state index contributed by atoms with van der Waals surface area (Å²) in [5.74, 6) is -1.14. The predicted octanol–water partition coefficient (Wildman–Crippen LogP) is 4.48. The second kappa shape index (κ2) is 11.7. The summed E-state index contributed by atoms with van der Waals surface area (Å²) >= 11 is 0.771. The molecule has 188 valence electrons. The highest BCUT2D eigenvalue weighted by Crippen LogP contribution is 2.30. The van der Waals surface area contributed by atoms with Crippen LogP contribution in [0.25, 0.3) is 6.08 Å². The zero-order valence-electron chi connectivity index (χ0n) is 19.6. The maximum absolute atomic E-state index is 13.1. The van der Waals surface area contributed by atoms with E-state index in [1.807, 2.05) is 36.4 Å². The molecule has 2 fully saturated rings. The Bertz CT molecular complexity index is 1300. The van der Waals surface area contributed by atoms with Gasteiger partial charge in [-0.2, -0.15) is 4.31 Å². The first-order valence-corrected chi connectivity index (χ1v) is 14.0. The molecule has 0 unspecified atom stereocenters. The van der Waals surface area contributed by atoms with Crippen LogP contribution in [0.3, 0.4) is 0 Å². The standard InChI is InChI=1S/C26H27N3O5S2/c30-24(19-29-25(31)23(35-26(29)32)15-8-12-20-10-4-3-5-11-20)27-21-13-9-14-22(18-21)36(33,34)28-16-6-1-2-7-17-28/h3-5,8-15,18H,1-2,6-7,16-17,19H2,(H,27,30). The number of nitrogens with zero attached hydrogens (tertiary/aromatic N) is 2. The Balaban J connectivity index is 1.39. The predicted molar refractivity (Wildman–Crippen MR) is 141 cm³/mol.